The first-order valence-electron chi connectivity index (χ1n) is 11.3. The fourth-order valence-corrected chi connectivity index (χ4v) is 4.75. The van der Waals surface area contributed by atoms with Crippen molar-refractivity contribution in [3.63, 3.8) is 0 Å². The van der Waals surface area contributed by atoms with Gasteiger partial charge in [-0.2, -0.15) is 13.2 Å². The highest BCUT2D eigenvalue weighted by Crippen LogP contribution is 2.43. The topological polar surface area (TPSA) is 103 Å². The molecule has 2 aromatic heterocycles. The second-order valence-electron chi connectivity index (χ2n) is 9.29. The molecule has 1 aromatic carbocycles. The standard InChI is InChI=1S/C24H29F4N5O2/c1-13(29)21(32(3)30)15-10-18-20(31-11-15)16-4-5-17(23(2,34)24(26,27)28)19(25)22(16)33(18)12-14-6-8-35-9-7-14/h4-5,10-11,14,34H,6-9,12,29-30H2,1-3H3/b21-13-. The molecule has 0 aliphatic carbocycles. The summed E-state index contributed by atoms with van der Waals surface area (Å²) in [5.74, 6) is 4.96. The maximum atomic E-state index is 15.9. The molecule has 0 radical (unpaired) electrons. The van der Waals surface area contributed by atoms with Crippen LogP contribution < -0.4 is 11.6 Å². The van der Waals surface area contributed by atoms with Crippen molar-refractivity contribution in [3.05, 3.63) is 47.0 Å². The van der Waals surface area contributed by atoms with E-state index in [0.29, 0.717) is 60.1 Å². The zero-order chi connectivity index (χ0) is 25.7. The fourth-order valence-electron chi connectivity index (χ4n) is 4.75. The van der Waals surface area contributed by atoms with E-state index in [2.05, 4.69) is 4.98 Å². The lowest BCUT2D eigenvalue weighted by atomic mass is 9.93. The third-order valence-corrected chi connectivity index (χ3v) is 6.66. The number of rotatable bonds is 5. The van der Waals surface area contributed by atoms with Crippen LogP contribution in [0.25, 0.3) is 27.6 Å². The maximum Gasteiger partial charge on any atom is 0.421 e. The first kappa shape index (κ1) is 25.2. The normalized spacial score (nSPS) is 18.1. The lowest BCUT2D eigenvalue weighted by Gasteiger charge is -2.28. The van der Waals surface area contributed by atoms with Crippen molar-refractivity contribution in [2.45, 2.75) is 45.0 Å². The Morgan fingerprint density at radius 3 is 2.51 bits per heavy atom. The molecule has 11 heteroatoms. The summed E-state index contributed by atoms with van der Waals surface area (Å²) < 4.78 is 63.7. The summed E-state index contributed by atoms with van der Waals surface area (Å²) >= 11 is 0. The SMILES string of the molecule is C/C(N)=C(\c1cnc2c3ccc(C(C)(O)C(F)(F)F)c(F)c3n(CC3CCOCC3)c2c1)N(C)N. The Bertz CT molecular complexity index is 1290. The Labute approximate surface area is 199 Å². The van der Waals surface area contributed by atoms with Crippen LogP contribution in [0.2, 0.25) is 0 Å². The number of hydrogen-bond donors (Lipinski definition) is 3. The second kappa shape index (κ2) is 8.96. The molecule has 0 saturated carbocycles. The summed E-state index contributed by atoms with van der Waals surface area (Å²) in [7, 11) is 1.62. The van der Waals surface area contributed by atoms with Crippen LogP contribution in [0.5, 0.6) is 0 Å². The molecule has 5 N–H and O–H groups in total. The minimum Gasteiger partial charge on any atom is -0.401 e. The number of benzene rings is 1. The summed E-state index contributed by atoms with van der Waals surface area (Å²) in [4.78, 5) is 4.52. The molecule has 7 nitrogen and oxygen atoms in total. The van der Waals surface area contributed by atoms with Crippen LogP contribution in [0.15, 0.2) is 30.1 Å². The quantitative estimate of drug-likeness (QED) is 0.281. The number of hydrogen-bond acceptors (Lipinski definition) is 6. The zero-order valence-electron chi connectivity index (χ0n) is 19.8. The number of allylic oxidation sites excluding steroid dienone is 1. The van der Waals surface area contributed by atoms with Crippen LogP contribution in [0.4, 0.5) is 17.6 Å². The van der Waals surface area contributed by atoms with E-state index < -0.39 is 23.2 Å². The average molecular weight is 496 g/mol. The average Bonchev–Trinajstić information content (AvgIpc) is 3.07. The molecular weight excluding hydrogens is 466 g/mol. The molecule has 0 bridgehead atoms. The van der Waals surface area contributed by atoms with Gasteiger partial charge in [-0.15, -0.1) is 0 Å². The number of ether oxygens (including phenoxy) is 1. The second-order valence-corrected chi connectivity index (χ2v) is 9.29. The summed E-state index contributed by atoms with van der Waals surface area (Å²) in [6.07, 6.45) is -2.05. The van der Waals surface area contributed by atoms with Gasteiger partial charge in [-0.25, -0.2) is 10.2 Å². The van der Waals surface area contributed by atoms with Gasteiger partial charge >= 0.3 is 6.18 Å². The van der Waals surface area contributed by atoms with Crippen LogP contribution >= 0.6 is 0 Å². The van der Waals surface area contributed by atoms with Crippen LogP contribution in [0.1, 0.15) is 37.8 Å². The first-order valence-corrected chi connectivity index (χ1v) is 11.3. The molecule has 4 rings (SSSR count). The van der Waals surface area contributed by atoms with Gasteiger partial charge in [0.2, 0.25) is 0 Å². The number of nitrogens with zero attached hydrogens (tertiary/aromatic N) is 3. The number of aromatic nitrogens is 2. The monoisotopic (exact) mass is 495 g/mol. The Morgan fingerprint density at radius 2 is 1.94 bits per heavy atom. The molecular formula is C24H29F4N5O2. The van der Waals surface area contributed by atoms with Gasteiger partial charge in [-0.05, 0) is 38.7 Å². The lowest BCUT2D eigenvalue weighted by molar-refractivity contribution is -0.259. The molecule has 1 aliphatic heterocycles. The van der Waals surface area contributed by atoms with Gasteiger partial charge in [0.25, 0.3) is 0 Å². The summed E-state index contributed by atoms with van der Waals surface area (Å²) in [6, 6.07) is 4.11. The number of hydrazine groups is 1. The van der Waals surface area contributed by atoms with Crippen molar-refractivity contribution in [2.75, 3.05) is 20.3 Å². The lowest BCUT2D eigenvalue weighted by Crippen LogP contribution is -2.40. The Kier molecular flexibility index (Phi) is 6.45. The number of aliphatic hydroxyl groups is 1. The molecule has 190 valence electrons. The van der Waals surface area contributed by atoms with E-state index in [-0.39, 0.29) is 11.4 Å². The van der Waals surface area contributed by atoms with Gasteiger partial charge < -0.3 is 25.2 Å². The van der Waals surface area contributed by atoms with E-state index in [1.165, 1.54) is 11.1 Å². The number of nitrogens with two attached hydrogens (primary N) is 2. The van der Waals surface area contributed by atoms with Crippen molar-refractivity contribution < 1.29 is 27.4 Å². The highest BCUT2D eigenvalue weighted by atomic mass is 19.4. The molecule has 0 spiro atoms. The van der Waals surface area contributed by atoms with Crippen LogP contribution in [0.3, 0.4) is 0 Å². The molecule has 1 saturated heterocycles. The summed E-state index contributed by atoms with van der Waals surface area (Å²) in [6.45, 7) is 3.70. The molecule has 3 heterocycles. The molecule has 1 aliphatic rings. The predicted octanol–water partition coefficient (Wildman–Crippen LogP) is 3.98. The van der Waals surface area contributed by atoms with Gasteiger partial charge in [-0.1, -0.05) is 12.1 Å². The van der Waals surface area contributed by atoms with Crippen molar-refractivity contribution in [3.8, 4) is 0 Å². The van der Waals surface area contributed by atoms with E-state index in [1.54, 1.807) is 30.8 Å². The van der Waals surface area contributed by atoms with E-state index in [0.717, 1.165) is 18.9 Å². The van der Waals surface area contributed by atoms with Crippen LogP contribution in [0, 0.1) is 11.7 Å². The number of pyridine rings is 1. The van der Waals surface area contributed by atoms with E-state index in [1.807, 2.05) is 0 Å². The first-order chi connectivity index (χ1) is 16.3. The van der Waals surface area contributed by atoms with Gasteiger partial charge in [0.1, 0.15) is 0 Å². The van der Waals surface area contributed by atoms with Gasteiger partial charge in [-0.3, -0.25) is 4.98 Å². The Hall–Kier alpha value is -2.89. The number of halogens is 4. The van der Waals surface area contributed by atoms with Crippen LogP contribution in [-0.4, -0.2) is 46.1 Å². The highest BCUT2D eigenvalue weighted by molar-refractivity contribution is 6.06. The molecule has 0 amide bonds. The van der Waals surface area contributed by atoms with Crippen molar-refractivity contribution in [2.24, 2.45) is 17.5 Å². The minimum atomic E-state index is -5.06. The van der Waals surface area contributed by atoms with Gasteiger partial charge in [0.05, 0.1) is 22.2 Å². The Morgan fingerprint density at radius 1 is 1.29 bits per heavy atom. The minimum absolute atomic E-state index is 0.0331. The summed E-state index contributed by atoms with van der Waals surface area (Å²) in [5, 5.41) is 11.9. The van der Waals surface area contributed by atoms with E-state index >= 15 is 4.39 Å². The molecule has 35 heavy (non-hydrogen) atoms. The maximum absolute atomic E-state index is 15.9. The van der Waals surface area contributed by atoms with Crippen molar-refractivity contribution >= 4 is 27.6 Å². The third-order valence-electron chi connectivity index (χ3n) is 6.66. The molecule has 1 unspecified atom stereocenters. The van der Waals surface area contributed by atoms with Gasteiger partial charge in [0, 0.05) is 55.2 Å². The van der Waals surface area contributed by atoms with Crippen molar-refractivity contribution in [1.82, 2.24) is 14.6 Å². The molecule has 1 fully saturated rings. The fraction of sp³-hybridized carbons (Fsp3) is 0.458. The van der Waals surface area contributed by atoms with E-state index in [9.17, 15) is 18.3 Å². The zero-order valence-corrected chi connectivity index (χ0v) is 19.8. The Balaban J connectivity index is 2.02. The number of fused-ring (bicyclic) bond motifs is 3. The third kappa shape index (κ3) is 4.32. The molecule has 1 atom stereocenters. The predicted molar refractivity (Wildman–Crippen MR) is 125 cm³/mol. The number of alkyl halides is 3. The van der Waals surface area contributed by atoms with E-state index in [4.69, 9.17) is 16.3 Å². The van der Waals surface area contributed by atoms with Crippen LogP contribution in [-0.2, 0) is 16.9 Å². The smallest absolute Gasteiger partial charge is 0.401 e. The van der Waals surface area contributed by atoms with Gasteiger partial charge in [0.15, 0.2) is 11.4 Å². The van der Waals surface area contributed by atoms with Crippen molar-refractivity contribution in [1.29, 1.82) is 0 Å². The highest BCUT2D eigenvalue weighted by Gasteiger charge is 2.52. The largest absolute Gasteiger partial charge is 0.421 e. The molecule has 3 aromatic rings. The summed E-state index contributed by atoms with van der Waals surface area (Å²) in [5.41, 5.74) is 4.30.